The maximum absolute atomic E-state index is 14.4. The Hall–Kier alpha value is -2.15. The molecular formula is C29H28Cl2FN3OS. The molecule has 0 bridgehead atoms. The number of aryl methyl sites for hydroxylation is 1. The second-order valence-electron chi connectivity index (χ2n) is 11.3. The molecule has 7 rings (SSSR count). The highest BCUT2D eigenvalue weighted by Gasteiger charge is 2.47. The summed E-state index contributed by atoms with van der Waals surface area (Å²) in [5, 5.41) is 6.66. The van der Waals surface area contributed by atoms with Gasteiger partial charge in [0, 0.05) is 30.1 Å². The fourth-order valence-corrected chi connectivity index (χ4v) is 8.23. The van der Waals surface area contributed by atoms with Crippen molar-refractivity contribution in [3.05, 3.63) is 63.1 Å². The van der Waals surface area contributed by atoms with E-state index >= 15 is 0 Å². The number of thiazole rings is 1. The minimum atomic E-state index is -0.218. The number of hydrogen-bond donors (Lipinski definition) is 0. The maximum atomic E-state index is 14.4. The first kappa shape index (κ1) is 23.9. The second-order valence-corrected chi connectivity index (χ2v) is 13.1. The highest BCUT2D eigenvalue weighted by molar-refractivity contribution is 7.22. The van der Waals surface area contributed by atoms with Gasteiger partial charge in [-0.15, -0.1) is 0 Å². The summed E-state index contributed by atoms with van der Waals surface area (Å²) < 4.78 is 21.2. The van der Waals surface area contributed by atoms with Crippen molar-refractivity contribution in [1.29, 1.82) is 0 Å². The first-order valence-corrected chi connectivity index (χ1v) is 14.7. The molecule has 2 aromatic heterocycles. The van der Waals surface area contributed by atoms with E-state index in [-0.39, 0.29) is 5.82 Å². The normalized spacial score (nSPS) is 19.6. The summed E-state index contributed by atoms with van der Waals surface area (Å²) in [6, 6.07) is 9.20. The first-order chi connectivity index (χ1) is 17.9. The molecule has 8 heteroatoms. The second kappa shape index (κ2) is 8.96. The number of nitrogens with zero attached hydrogens (tertiary/aromatic N) is 3. The molecule has 2 aliphatic carbocycles. The smallest absolute Gasteiger partial charge is 0.186 e. The van der Waals surface area contributed by atoms with Crippen LogP contribution in [0.4, 0.5) is 9.52 Å². The van der Waals surface area contributed by atoms with Gasteiger partial charge in [0.05, 0.1) is 14.7 Å². The molecule has 4 aromatic rings. The predicted molar refractivity (Wildman–Crippen MR) is 149 cm³/mol. The Morgan fingerprint density at radius 3 is 2.57 bits per heavy atom. The van der Waals surface area contributed by atoms with Crippen molar-refractivity contribution in [2.75, 3.05) is 18.0 Å². The van der Waals surface area contributed by atoms with Crippen molar-refractivity contribution in [2.45, 2.75) is 57.8 Å². The van der Waals surface area contributed by atoms with E-state index in [2.05, 4.69) is 15.0 Å². The molecule has 0 N–H and O–H groups in total. The Bertz CT molecular complexity index is 1470. The van der Waals surface area contributed by atoms with Crippen LogP contribution < -0.4 is 4.90 Å². The van der Waals surface area contributed by atoms with E-state index in [4.69, 9.17) is 27.7 Å². The van der Waals surface area contributed by atoms with Gasteiger partial charge in [0.1, 0.15) is 17.0 Å². The number of hydrogen-bond acceptors (Lipinski definition) is 5. The third kappa shape index (κ3) is 4.25. The van der Waals surface area contributed by atoms with E-state index in [0.717, 1.165) is 77.6 Å². The summed E-state index contributed by atoms with van der Waals surface area (Å²) >= 11 is 14.7. The molecule has 1 aliphatic heterocycles. The standard InChI is InChI=1S/C29H28Cl2FN3OS/c1-16-11-22(32)26-23(12-16)37-28(33-26)35-9-7-29(8-10-35)14-17(15-29)13-19-25(34-36-27(19)18-5-6-18)24-20(30)3-2-4-21(24)31/h2-4,11-12,17-18H,5-10,13-15H2,1H3. The molecule has 0 unspecified atom stereocenters. The minimum Gasteiger partial charge on any atom is -0.360 e. The number of aromatic nitrogens is 2. The molecule has 3 heterocycles. The monoisotopic (exact) mass is 555 g/mol. The number of benzene rings is 2. The van der Waals surface area contributed by atoms with Gasteiger partial charge in [-0.3, -0.25) is 0 Å². The van der Waals surface area contributed by atoms with Crippen LogP contribution in [0.2, 0.25) is 10.0 Å². The Morgan fingerprint density at radius 1 is 1.14 bits per heavy atom. The van der Waals surface area contributed by atoms with Crippen molar-refractivity contribution in [3.8, 4) is 11.3 Å². The van der Waals surface area contributed by atoms with Gasteiger partial charge >= 0.3 is 0 Å². The molecule has 0 atom stereocenters. The summed E-state index contributed by atoms with van der Waals surface area (Å²) in [6.45, 7) is 3.89. The van der Waals surface area contributed by atoms with E-state index in [1.165, 1.54) is 18.4 Å². The van der Waals surface area contributed by atoms with Gasteiger partial charge in [-0.05, 0) is 93.0 Å². The van der Waals surface area contributed by atoms with E-state index in [1.807, 2.05) is 31.2 Å². The Balaban J connectivity index is 1.05. The van der Waals surface area contributed by atoms with Crippen LogP contribution in [-0.2, 0) is 6.42 Å². The van der Waals surface area contributed by atoms with Crippen LogP contribution in [0.3, 0.4) is 0 Å². The van der Waals surface area contributed by atoms with Crippen molar-refractivity contribution in [2.24, 2.45) is 11.3 Å². The van der Waals surface area contributed by atoms with E-state index in [9.17, 15) is 4.39 Å². The zero-order valence-electron chi connectivity index (χ0n) is 20.7. The van der Waals surface area contributed by atoms with Crippen LogP contribution in [0, 0.1) is 24.1 Å². The lowest BCUT2D eigenvalue weighted by atomic mass is 9.56. The first-order valence-electron chi connectivity index (χ1n) is 13.1. The molecule has 0 amide bonds. The summed E-state index contributed by atoms with van der Waals surface area (Å²) in [5.41, 5.74) is 4.67. The topological polar surface area (TPSA) is 42.2 Å². The molecule has 0 radical (unpaired) electrons. The number of rotatable bonds is 5. The molecule has 192 valence electrons. The molecule has 37 heavy (non-hydrogen) atoms. The van der Waals surface area contributed by atoms with Crippen molar-refractivity contribution in [1.82, 2.24) is 10.1 Å². The Kier molecular flexibility index (Phi) is 5.79. The van der Waals surface area contributed by atoms with Gasteiger partial charge in [-0.2, -0.15) is 0 Å². The Morgan fingerprint density at radius 2 is 1.86 bits per heavy atom. The molecule has 1 saturated heterocycles. The number of fused-ring (bicyclic) bond motifs is 1. The molecule has 4 nitrogen and oxygen atoms in total. The Labute approximate surface area is 229 Å². The van der Waals surface area contributed by atoms with Crippen molar-refractivity contribution in [3.63, 3.8) is 0 Å². The average molecular weight is 557 g/mol. The van der Waals surface area contributed by atoms with Gasteiger partial charge in [-0.25, -0.2) is 9.37 Å². The lowest BCUT2D eigenvalue weighted by Crippen LogP contribution is -2.47. The number of anilines is 1. The van der Waals surface area contributed by atoms with Crippen LogP contribution in [0.25, 0.3) is 21.5 Å². The summed E-state index contributed by atoms with van der Waals surface area (Å²) in [6.07, 6.45) is 8.05. The molecule has 2 aromatic carbocycles. The van der Waals surface area contributed by atoms with Gasteiger partial charge in [0.2, 0.25) is 0 Å². The third-order valence-electron chi connectivity index (χ3n) is 8.58. The van der Waals surface area contributed by atoms with Crippen LogP contribution in [0.1, 0.15) is 61.3 Å². The van der Waals surface area contributed by atoms with Gasteiger partial charge < -0.3 is 9.42 Å². The zero-order chi connectivity index (χ0) is 25.3. The molecular weight excluding hydrogens is 528 g/mol. The third-order valence-corrected chi connectivity index (χ3v) is 10.3. The van der Waals surface area contributed by atoms with E-state index < -0.39 is 0 Å². The SMILES string of the molecule is Cc1cc(F)c2nc(N3CCC4(CC3)CC(Cc3c(-c5c(Cl)cccc5Cl)noc3C3CC3)C4)sc2c1. The molecule has 3 fully saturated rings. The minimum absolute atomic E-state index is 0.218. The highest BCUT2D eigenvalue weighted by Crippen LogP contribution is 2.56. The van der Waals surface area contributed by atoms with Crippen LogP contribution in [0.5, 0.6) is 0 Å². The van der Waals surface area contributed by atoms with E-state index in [1.54, 1.807) is 17.4 Å². The van der Waals surface area contributed by atoms with Gasteiger partial charge in [-0.1, -0.05) is 45.8 Å². The number of piperidine rings is 1. The zero-order valence-corrected chi connectivity index (χ0v) is 23.0. The van der Waals surface area contributed by atoms with Gasteiger partial charge in [0.15, 0.2) is 10.9 Å². The lowest BCUT2D eigenvalue weighted by molar-refractivity contribution is 0.0282. The predicted octanol–water partition coefficient (Wildman–Crippen LogP) is 8.82. The van der Waals surface area contributed by atoms with Crippen LogP contribution >= 0.6 is 34.5 Å². The van der Waals surface area contributed by atoms with Crippen molar-refractivity contribution < 1.29 is 8.91 Å². The molecule has 1 spiro atoms. The van der Waals surface area contributed by atoms with Crippen molar-refractivity contribution >= 4 is 49.9 Å². The lowest BCUT2D eigenvalue weighted by Gasteiger charge is -2.52. The fraction of sp³-hybridized carbons (Fsp3) is 0.448. The fourth-order valence-electron chi connectivity index (χ4n) is 6.53. The quantitative estimate of drug-likeness (QED) is 0.246. The molecule has 3 aliphatic rings. The summed E-state index contributed by atoms with van der Waals surface area (Å²) in [7, 11) is 0. The number of halogens is 3. The summed E-state index contributed by atoms with van der Waals surface area (Å²) in [4.78, 5) is 7.00. The van der Waals surface area contributed by atoms with Crippen LogP contribution in [0.15, 0.2) is 34.9 Å². The summed E-state index contributed by atoms with van der Waals surface area (Å²) in [5.74, 6) is 1.92. The average Bonchev–Trinajstić information content (AvgIpc) is 3.47. The molecule has 2 saturated carbocycles. The van der Waals surface area contributed by atoms with Crippen LogP contribution in [-0.4, -0.2) is 23.2 Å². The largest absolute Gasteiger partial charge is 0.360 e. The van der Waals surface area contributed by atoms with E-state index in [0.29, 0.717) is 32.8 Å². The maximum Gasteiger partial charge on any atom is 0.186 e. The highest BCUT2D eigenvalue weighted by atomic mass is 35.5. The van der Waals surface area contributed by atoms with Gasteiger partial charge in [0.25, 0.3) is 0 Å².